The van der Waals surface area contributed by atoms with E-state index < -0.39 is 5.91 Å². The quantitative estimate of drug-likeness (QED) is 0.376. The number of hydrogen-bond acceptors (Lipinski definition) is 6. The third kappa shape index (κ3) is 5.41. The molecule has 0 atom stereocenters. The summed E-state index contributed by atoms with van der Waals surface area (Å²) in [5.41, 5.74) is 1.27. The van der Waals surface area contributed by atoms with Crippen LogP contribution in [0.15, 0.2) is 54.2 Å². The van der Waals surface area contributed by atoms with Gasteiger partial charge in [0.1, 0.15) is 17.4 Å². The van der Waals surface area contributed by atoms with Crippen molar-refractivity contribution in [3.63, 3.8) is 0 Å². The van der Waals surface area contributed by atoms with Gasteiger partial charge in [-0.05, 0) is 36.2 Å². The lowest BCUT2D eigenvalue weighted by Gasteiger charge is -2.10. The van der Waals surface area contributed by atoms with E-state index in [-0.39, 0.29) is 11.3 Å². The first-order valence-electron chi connectivity index (χ1n) is 8.23. The van der Waals surface area contributed by atoms with Crippen LogP contribution in [0, 0.1) is 11.3 Å². The molecule has 0 aliphatic rings. The van der Waals surface area contributed by atoms with E-state index in [1.165, 1.54) is 12.3 Å². The second-order valence-corrected chi connectivity index (χ2v) is 5.53. The Kier molecular flexibility index (Phi) is 7.08. The van der Waals surface area contributed by atoms with Crippen LogP contribution in [0.2, 0.25) is 0 Å². The fraction of sp³-hybridized carbons (Fsp3) is 0.200. The number of phenols is 1. The Bertz CT molecular complexity index is 872. The number of ether oxygens (including phenoxy) is 2. The first-order valence-corrected chi connectivity index (χ1v) is 8.23. The zero-order chi connectivity index (χ0) is 19.6. The zero-order valence-electron chi connectivity index (χ0n) is 15.2. The van der Waals surface area contributed by atoms with Gasteiger partial charge in [0.2, 0.25) is 0 Å². The average molecular weight is 367 g/mol. The smallest absolute Gasteiger partial charge is 0.263 e. The van der Waals surface area contributed by atoms with E-state index in [1.807, 2.05) is 18.2 Å². The number of amides is 1. The van der Waals surface area contributed by atoms with E-state index in [4.69, 9.17) is 9.47 Å². The van der Waals surface area contributed by atoms with Gasteiger partial charge in [-0.1, -0.05) is 18.2 Å². The minimum absolute atomic E-state index is 0.0277. The minimum Gasteiger partial charge on any atom is -0.506 e. The number of para-hydroxylation sites is 2. The molecule has 140 valence electrons. The number of anilines is 1. The van der Waals surface area contributed by atoms with Crippen molar-refractivity contribution in [1.29, 1.82) is 5.26 Å². The van der Waals surface area contributed by atoms with Gasteiger partial charge in [-0.3, -0.25) is 4.79 Å². The second kappa shape index (κ2) is 9.73. The molecule has 0 aromatic heterocycles. The fourth-order valence-corrected chi connectivity index (χ4v) is 2.35. The lowest BCUT2D eigenvalue weighted by Crippen LogP contribution is -2.27. The normalized spacial score (nSPS) is 10.6. The molecule has 2 aromatic carbocycles. The van der Waals surface area contributed by atoms with Crippen LogP contribution in [0.3, 0.4) is 0 Å². The van der Waals surface area contributed by atoms with Gasteiger partial charge in [0.15, 0.2) is 11.5 Å². The van der Waals surface area contributed by atoms with Gasteiger partial charge in [0.05, 0.1) is 19.9 Å². The van der Waals surface area contributed by atoms with E-state index in [0.29, 0.717) is 30.2 Å². The second-order valence-electron chi connectivity index (χ2n) is 5.53. The number of carbonyl (C=O) groups excluding carboxylic acids is 1. The van der Waals surface area contributed by atoms with Crippen molar-refractivity contribution in [3.05, 3.63) is 59.8 Å². The number of carbonyl (C=O) groups is 1. The Morgan fingerprint density at radius 2 is 1.93 bits per heavy atom. The highest BCUT2D eigenvalue weighted by atomic mass is 16.5. The molecule has 0 heterocycles. The van der Waals surface area contributed by atoms with Crippen LogP contribution in [0.5, 0.6) is 17.2 Å². The Morgan fingerprint density at radius 3 is 2.59 bits per heavy atom. The highest BCUT2D eigenvalue weighted by molar-refractivity contribution is 5.97. The number of rotatable bonds is 8. The van der Waals surface area contributed by atoms with Crippen LogP contribution in [-0.2, 0) is 11.2 Å². The van der Waals surface area contributed by atoms with Crippen molar-refractivity contribution in [3.8, 4) is 23.3 Å². The van der Waals surface area contributed by atoms with Crippen LogP contribution in [-0.4, -0.2) is 31.8 Å². The van der Waals surface area contributed by atoms with E-state index in [0.717, 1.165) is 5.56 Å². The van der Waals surface area contributed by atoms with Gasteiger partial charge in [-0.2, -0.15) is 5.26 Å². The Labute approximate surface area is 157 Å². The predicted octanol–water partition coefficient (Wildman–Crippen LogP) is 2.59. The maximum absolute atomic E-state index is 12.1. The molecule has 7 heteroatoms. The van der Waals surface area contributed by atoms with Crippen LogP contribution in [0.4, 0.5) is 5.69 Å². The molecule has 2 rings (SSSR count). The third-order valence-corrected chi connectivity index (χ3v) is 3.79. The van der Waals surface area contributed by atoms with E-state index in [9.17, 15) is 15.2 Å². The maximum atomic E-state index is 12.1. The molecule has 0 radical (unpaired) electrons. The van der Waals surface area contributed by atoms with Crippen molar-refractivity contribution >= 4 is 11.6 Å². The first kappa shape index (κ1) is 19.7. The number of benzene rings is 2. The summed E-state index contributed by atoms with van der Waals surface area (Å²) in [7, 11) is 3.13. The summed E-state index contributed by atoms with van der Waals surface area (Å²) in [6.07, 6.45) is 1.83. The van der Waals surface area contributed by atoms with Gasteiger partial charge in [0.25, 0.3) is 5.91 Å². The molecule has 1 amide bonds. The monoisotopic (exact) mass is 367 g/mol. The van der Waals surface area contributed by atoms with E-state index in [2.05, 4.69) is 10.6 Å². The third-order valence-electron chi connectivity index (χ3n) is 3.79. The largest absolute Gasteiger partial charge is 0.506 e. The summed E-state index contributed by atoms with van der Waals surface area (Å²) in [4.78, 5) is 12.1. The average Bonchev–Trinajstić information content (AvgIpc) is 2.69. The minimum atomic E-state index is -0.499. The van der Waals surface area contributed by atoms with E-state index in [1.54, 1.807) is 38.5 Å². The summed E-state index contributed by atoms with van der Waals surface area (Å²) < 4.78 is 10.4. The summed E-state index contributed by atoms with van der Waals surface area (Å²) in [6.45, 7) is 0.351. The molecule has 0 saturated heterocycles. The molecular weight excluding hydrogens is 346 g/mol. The SMILES string of the molecule is COc1ccc(CCNC(=O)/C(C#N)=C\Nc2ccccc2O)cc1OC. The van der Waals surface area contributed by atoms with Gasteiger partial charge in [0, 0.05) is 12.7 Å². The molecule has 0 spiro atoms. The standard InChI is InChI=1S/C20H21N3O4/c1-26-18-8-7-14(11-19(18)27-2)9-10-22-20(25)15(12-21)13-23-16-5-3-4-6-17(16)24/h3-8,11,13,23-24H,9-10H2,1-2H3,(H,22,25)/b15-13-. The molecule has 2 aromatic rings. The highest BCUT2D eigenvalue weighted by Crippen LogP contribution is 2.27. The van der Waals surface area contributed by atoms with Crippen molar-refractivity contribution in [1.82, 2.24) is 5.32 Å². The molecule has 0 aliphatic heterocycles. The molecule has 0 saturated carbocycles. The molecule has 0 aliphatic carbocycles. The van der Waals surface area contributed by atoms with Crippen LogP contribution in [0.25, 0.3) is 0 Å². The molecule has 3 N–H and O–H groups in total. The Hall–Kier alpha value is -3.66. The van der Waals surface area contributed by atoms with Crippen molar-refractivity contribution in [2.45, 2.75) is 6.42 Å². The molecule has 27 heavy (non-hydrogen) atoms. The first-order chi connectivity index (χ1) is 13.1. The van der Waals surface area contributed by atoms with Crippen molar-refractivity contribution in [2.24, 2.45) is 0 Å². The highest BCUT2D eigenvalue weighted by Gasteiger charge is 2.09. The van der Waals surface area contributed by atoms with E-state index >= 15 is 0 Å². The molecule has 0 fully saturated rings. The Balaban J connectivity index is 1.93. The molecule has 7 nitrogen and oxygen atoms in total. The van der Waals surface area contributed by atoms with Crippen molar-refractivity contribution < 1.29 is 19.4 Å². The van der Waals surface area contributed by atoms with Gasteiger partial charge in [-0.25, -0.2) is 0 Å². The number of hydrogen-bond donors (Lipinski definition) is 3. The topological polar surface area (TPSA) is 104 Å². The lowest BCUT2D eigenvalue weighted by atomic mass is 10.1. The van der Waals surface area contributed by atoms with Crippen molar-refractivity contribution in [2.75, 3.05) is 26.1 Å². The number of methoxy groups -OCH3 is 2. The number of nitrogens with zero attached hydrogens (tertiary/aromatic N) is 1. The van der Waals surface area contributed by atoms with Crippen LogP contribution >= 0.6 is 0 Å². The summed E-state index contributed by atoms with van der Waals surface area (Å²) in [6, 6.07) is 13.9. The molecular formula is C20H21N3O4. The lowest BCUT2D eigenvalue weighted by molar-refractivity contribution is -0.117. The van der Waals surface area contributed by atoms with Gasteiger partial charge in [-0.15, -0.1) is 0 Å². The maximum Gasteiger partial charge on any atom is 0.263 e. The summed E-state index contributed by atoms with van der Waals surface area (Å²) >= 11 is 0. The fourth-order valence-electron chi connectivity index (χ4n) is 2.35. The zero-order valence-corrected chi connectivity index (χ0v) is 15.2. The van der Waals surface area contributed by atoms with Crippen LogP contribution < -0.4 is 20.1 Å². The number of aromatic hydroxyl groups is 1. The van der Waals surface area contributed by atoms with Gasteiger partial charge < -0.3 is 25.2 Å². The predicted molar refractivity (Wildman–Crippen MR) is 102 cm³/mol. The number of nitrogens with one attached hydrogen (secondary N) is 2. The molecule has 0 unspecified atom stereocenters. The summed E-state index contributed by atoms with van der Waals surface area (Å²) in [5, 5.41) is 24.3. The van der Waals surface area contributed by atoms with Crippen LogP contribution in [0.1, 0.15) is 5.56 Å². The molecule has 0 bridgehead atoms. The number of phenolic OH excluding ortho intramolecular Hbond substituents is 1. The van der Waals surface area contributed by atoms with Gasteiger partial charge >= 0.3 is 0 Å². The number of nitriles is 1. The Morgan fingerprint density at radius 1 is 1.19 bits per heavy atom. The summed E-state index contributed by atoms with van der Waals surface area (Å²) in [5.74, 6) is 0.779.